The van der Waals surface area contributed by atoms with Gasteiger partial charge in [-0.05, 0) is 43.3 Å². The van der Waals surface area contributed by atoms with E-state index >= 15 is 0 Å². The second-order valence-electron chi connectivity index (χ2n) is 7.65. The summed E-state index contributed by atoms with van der Waals surface area (Å²) in [4.78, 5) is 31.8. The second kappa shape index (κ2) is 9.46. The van der Waals surface area contributed by atoms with Gasteiger partial charge in [-0.3, -0.25) is 19.8 Å². The molecule has 0 aliphatic carbocycles. The van der Waals surface area contributed by atoms with E-state index in [-0.39, 0.29) is 11.5 Å². The van der Waals surface area contributed by atoms with Crippen molar-refractivity contribution in [1.29, 1.82) is 0 Å². The van der Waals surface area contributed by atoms with Crippen LogP contribution in [-0.2, 0) is 6.54 Å². The van der Waals surface area contributed by atoms with Crippen molar-refractivity contribution in [2.75, 3.05) is 38.2 Å². The number of hydrogen-bond donors (Lipinski definition) is 0. The number of ketones is 1. The number of Topliss-reactive ketones (excluding diaryl/α,β-unsaturated/α-hetero) is 1. The minimum absolute atomic E-state index is 0.0187. The molecule has 166 valence electrons. The minimum atomic E-state index is -0.413. The van der Waals surface area contributed by atoms with Crippen LogP contribution in [0, 0.1) is 10.1 Å². The monoisotopic (exact) mass is 452 g/mol. The summed E-state index contributed by atoms with van der Waals surface area (Å²) in [5.74, 6) is 0.640. The molecule has 0 saturated carbocycles. The molecular formula is C23H24N4O4S. The number of anilines is 1. The van der Waals surface area contributed by atoms with E-state index in [0.29, 0.717) is 24.3 Å². The van der Waals surface area contributed by atoms with Crippen molar-refractivity contribution in [1.82, 2.24) is 9.88 Å². The molecule has 1 aliphatic heterocycles. The van der Waals surface area contributed by atoms with Gasteiger partial charge in [0, 0.05) is 55.3 Å². The number of benzene rings is 2. The lowest BCUT2D eigenvalue weighted by Crippen LogP contribution is -2.46. The van der Waals surface area contributed by atoms with Crippen LogP contribution in [-0.4, -0.2) is 53.9 Å². The van der Waals surface area contributed by atoms with Crippen LogP contribution < -0.4 is 9.64 Å². The highest BCUT2D eigenvalue weighted by atomic mass is 32.1. The molecule has 1 fully saturated rings. The molecule has 3 aromatic rings. The van der Waals surface area contributed by atoms with Gasteiger partial charge >= 0.3 is 0 Å². The summed E-state index contributed by atoms with van der Waals surface area (Å²) in [5.41, 5.74) is 2.99. The maximum Gasteiger partial charge on any atom is 0.293 e. The van der Waals surface area contributed by atoms with Gasteiger partial charge in [0.2, 0.25) is 0 Å². The Bertz CT molecular complexity index is 1120. The molecule has 0 amide bonds. The quantitative estimate of drug-likeness (QED) is 0.301. The van der Waals surface area contributed by atoms with Gasteiger partial charge in [0.1, 0.15) is 16.4 Å². The largest absolute Gasteiger partial charge is 0.497 e. The highest BCUT2D eigenvalue weighted by molar-refractivity contribution is 7.13. The molecule has 32 heavy (non-hydrogen) atoms. The van der Waals surface area contributed by atoms with Gasteiger partial charge in [-0.1, -0.05) is 0 Å². The van der Waals surface area contributed by atoms with E-state index in [1.807, 2.05) is 29.2 Å². The third-order valence-corrected chi connectivity index (χ3v) is 6.51. The van der Waals surface area contributed by atoms with Gasteiger partial charge < -0.3 is 9.64 Å². The summed E-state index contributed by atoms with van der Waals surface area (Å²) >= 11 is 1.62. The van der Waals surface area contributed by atoms with E-state index in [0.717, 1.165) is 41.6 Å². The second-order valence-corrected chi connectivity index (χ2v) is 8.51. The maximum absolute atomic E-state index is 11.6. The highest BCUT2D eigenvalue weighted by Gasteiger charge is 2.25. The molecule has 1 aliphatic rings. The number of thiazole rings is 1. The topological polar surface area (TPSA) is 88.8 Å². The SMILES string of the molecule is COc1ccc(-c2nc(CN3CCN(c4ccc(C(C)=O)cc4[N+](=O)[O-])CC3)cs2)cc1. The molecule has 2 aromatic carbocycles. The van der Waals surface area contributed by atoms with Gasteiger partial charge in [-0.15, -0.1) is 11.3 Å². The average Bonchev–Trinajstić information content (AvgIpc) is 3.27. The Morgan fingerprint density at radius 3 is 2.50 bits per heavy atom. The van der Waals surface area contributed by atoms with E-state index in [1.54, 1.807) is 30.6 Å². The Hall–Kier alpha value is -3.30. The van der Waals surface area contributed by atoms with E-state index in [2.05, 4.69) is 10.3 Å². The predicted octanol–water partition coefficient (Wildman–Crippen LogP) is 4.25. The first kappa shape index (κ1) is 21.9. The van der Waals surface area contributed by atoms with Gasteiger partial charge in [0.05, 0.1) is 17.7 Å². The Balaban J connectivity index is 1.39. The van der Waals surface area contributed by atoms with Gasteiger partial charge in [-0.25, -0.2) is 4.98 Å². The van der Waals surface area contributed by atoms with Gasteiger partial charge in [0.25, 0.3) is 5.69 Å². The molecule has 0 spiro atoms. The summed E-state index contributed by atoms with van der Waals surface area (Å²) in [6.07, 6.45) is 0. The fraction of sp³-hybridized carbons (Fsp3) is 0.304. The van der Waals surface area contributed by atoms with Crippen molar-refractivity contribution < 1.29 is 14.5 Å². The fourth-order valence-electron chi connectivity index (χ4n) is 3.78. The van der Waals surface area contributed by atoms with Crippen molar-refractivity contribution in [3.63, 3.8) is 0 Å². The summed E-state index contributed by atoms with van der Waals surface area (Å²) in [6, 6.07) is 12.6. The number of nitrogens with zero attached hydrogens (tertiary/aromatic N) is 4. The molecule has 0 unspecified atom stereocenters. The number of ether oxygens (including phenoxy) is 1. The number of methoxy groups -OCH3 is 1. The molecule has 2 heterocycles. The first-order valence-corrected chi connectivity index (χ1v) is 11.2. The lowest BCUT2D eigenvalue weighted by atomic mass is 10.1. The van der Waals surface area contributed by atoms with Crippen molar-refractivity contribution in [2.24, 2.45) is 0 Å². The van der Waals surface area contributed by atoms with Crippen LogP contribution in [0.4, 0.5) is 11.4 Å². The number of carbonyl (C=O) groups is 1. The van der Waals surface area contributed by atoms with Crippen molar-refractivity contribution in [3.8, 4) is 16.3 Å². The zero-order chi connectivity index (χ0) is 22.7. The van der Waals surface area contributed by atoms with Gasteiger partial charge in [0.15, 0.2) is 5.78 Å². The molecule has 0 radical (unpaired) electrons. The van der Waals surface area contributed by atoms with Crippen LogP contribution in [0.5, 0.6) is 5.75 Å². The number of nitro benzene ring substituents is 1. The number of aromatic nitrogens is 1. The van der Waals surface area contributed by atoms with Crippen LogP contribution in [0.25, 0.3) is 10.6 Å². The molecule has 1 saturated heterocycles. The van der Waals surface area contributed by atoms with E-state index < -0.39 is 4.92 Å². The number of hydrogen-bond acceptors (Lipinski definition) is 8. The highest BCUT2D eigenvalue weighted by Crippen LogP contribution is 2.31. The molecule has 0 atom stereocenters. The van der Waals surface area contributed by atoms with Crippen LogP contribution in [0.2, 0.25) is 0 Å². The Labute approximate surface area is 190 Å². The number of nitro groups is 1. The molecule has 0 bridgehead atoms. The first-order valence-electron chi connectivity index (χ1n) is 10.3. The van der Waals surface area contributed by atoms with Crippen molar-refractivity contribution >= 4 is 28.5 Å². The lowest BCUT2D eigenvalue weighted by molar-refractivity contribution is -0.384. The minimum Gasteiger partial charge on any atom is -0.497 e. The van der Waals surface area contributed by atoms with E-state index in [9.17, 15) is 14.9 Å². The van der Waals surface area contributed by atoms with E-state index in [4.69, 9.17) is 9.72 Å². The molecule has 1 aromatic heterocycles. The first-order chi connectivity index (χ1) is 15.4. The van der Waals surface area contributed by atoms with E-state index in [1.165, 1.54) is 13.0 Å². The summed E-state index contributed by atoms with van der Waals surface area (Å²) in [5, 5.41) is 14.6. The Morgan fingerprint density at radius 2 is 1.88 bits per heavy atom. The Morgan fingerprint density at radius 1 is 1.16 bits per heavy atom. The average molecular weight is 453 g/mol. The number of carbonyl (C=O) groups excluding carboxylic acids is 1. The smallest absolute Gasteiger partial charge is 0.293 e. The molecular weight excluding hydrogens is 428 g/mol. The van der Waals surface area contributed by atoms with Crippen LogP contribution in [0.15, 0.2) is 47.8 Å². The molecule has 0 N–H and O–H groups in total. The zero-order valence-electron chi connectivity index (χ0n) is 18.0. The van der Waals surface area contributed by atoms with Crippen LogP contribution in [0.1, 0.15) is 23.0 Å². The molecule has 9 heteroatoms. The van der Waals surface area contributed by atoms with Crippen LogP contribution >= 0.6 is 11.3 Å². The fourth-order valence-corrected chi connectivity index (χ4v) is 4.59. The maximum atomic E-state index is 11.6. The molecule has 8 nitrogen and oxygen atoms in total. The standard InChI is InChI=1S/C23H24N4O4S/c1-16(28)18-5-8-21(22(13-18)27(29)30)26-11-9-25(10-12-26)14-19-15-32-23(24-19)17-3-6-20(31-2)7-4-17/h3-8,13,15H,9-12,14H2,1-2H3. The lowest BCUT2D eigenvalue weighted by Gasteiger charge is -2.35. The summed E-state index contributed by atoms with van der Waals surface area (Å²) in [7, 11) is 1.65. The Kier molecular flexibility index (Phi) is 6.48. The van der Waals surface area contributed by atoms with Gasteiger partial charge in [-0.2, -0.15) is 0 Å². The normalized spacial score (nSPS) is 14.4. The number of rotatable bonds is 7. The third-order valence-electron chi connectivity index (χ3n) is 5.57. The predicted molar refractivity (Wildman–Crippen MR) is 125 cm³/mol. The summed E-state index contributed by atoms with van der Waals surface area (Å²) < 4.78 is 5.21. The third kappa shape index (κ3) is 4.79. The summed E-state index contributed by atoms with van der Waals surface area (Å²) in [6.45, 7) is 5.06. The van der Waals surface area contributed by atoms with Crippen molar-refractivity contribution in [3.05, 3.63) is 69.2 Å². The van der Waals surface area contributed by atoms with Crippen LogP contribution in [0.3, 0.4) is 0 Å². The number of piperazine rings is 1. The van der Waals surface area contributed by atoms with Crippen molar-refractivity contribution in [2.45, 2.75) is 13.5 Å². The zero-order valence-corrected chi connectivity index (χ0v) is 18.8. The molecule has 4 rings (SSSR count).